The number of para-hydroxylation sites is 1. The van der Waals surface area contributed by atoms with Crippen LogP contribution in [-0.2, 0) is 9.59 Å². The first-order valence-electron chi connectivity index (χ1n) is 11.2. The van der Waals surface area contributed by atoms with Crippen LogP contribution >= 0.6 is 35.0 Å². The molecule has 4 rings (SSSR count). The van der Waals surface area contributed by atoms with Crippen LogP contribution in [0.4, 0.5) is 10.5 Å². The summed E-state index contributed by atoms with van der Waals surface area (Å²) in [6.07, 6.45) is 1.58. The molecule has 1 aliphatic heterocycles. The number of hydrogen-bond donors (Lipinski definition) is 1. The third-order valence-corrected chi connectivity index (χ3v) is 6.86. The van der Waals surface area contributed by atoms with Crippen molar-refractivity contribution in [1.29, 1.82) is 0 Å². The topological polar surface area (TPSA) is 84.9 Å². The lowest BCUT2D eigenvalue weighted by Gasteiger charge is -2.13. The van der Waals surface area contributed by atoms with Gasteiger partial charge >= 0.3 is 0 Å². The number of ether oxygens (including phenoxy) is 2. The monoisotopic (exact) mass is 556 g/mol. The standard InChI is InChI=1S/C27H22Cl2N2O5S/c1-17-6-9-20(15-22(17)29)30-25(32)16-36-23-5-3-2-4-18(23)14-24-26(33)31(27(34)37-24)12-13-35-21-10-7-19(28)8-11-21/h2-11,14-15H,12-13,16H2,1H3,(H,30,32)/b24-14-. The summed E-state index contributed by atoms with van der Waals surface area (Å²) in [6, 6.07) is 19.0. The molecule has 0 atom stereocenters. The summed E-state index contributed by atoms with van der Waals surface area (Å²) in [5.74, 6) is 0.208. The molecule has 1 N–H and O–H groups in total. The molecule has 10 heteroatoms. The molecule has 3 aromatic rings. The molecular weight excluding hydrogens is 535 g/mol. The van der Waals surface area contributed by atoms with E-state index >= 15 is 0 Å². The maximum Gasteiger partial charge on any atom is 0.293 e. The molecule has 7 nitrogen and oxygen atoms in total. The molecule has 1 fully saturated rings. The van der Waals surface area contributed by atoms with Gasteiger partial charge in [-0.1, -0.05) is 47.5 Å². The molecule has 0 aromatic heterocycles. The second kappa shape index (κ2) is 12.2. The predicted molar refractivity (Wildman–Crippen MR) is 146 cm³/mol. The van der Waals surface area contributed by atoms with Crippen molar-refractivity contribution in [3.63, 3.8) is 0 Å². The average molecular weight is 557 g/mol. The molecule has 0 bridgehead atoms. The van der Waals surface area contributed by atoms with Crippen molar-refractivity contribution in [2.24, 2.45) is 0 Å². The molecule has 37 heavy (non-hydrogen) atoms. The van der Waals surface area contributed by atoms with E-state index in [1.165, 1.54) is 0 Å². The lowest BCUT2D eigenvalue weighted by molar-refractivity contribution is -0.123. The third kappa shape index (κ3) is 7.07. The van der Waals surface area contributed by atoms with Crippen LogP contribution in [0, 0.1) is 6.92 Å². The van der Waals surface area contributed by atoms with Crippen molar-refractivity contribution < 1.29 is 23.9 Å². The van der Waals surface area contributed by atoms with Gasteiger partial charge in [0.15, 0.2) is 6.61 Å². The van der Waals surface area contributed by atoms with Crippen LogP contribution < -0.4 is 14.8 Å². The summed E-state index contributed by atoms with van der Waals surface area (Å²) in [4.78, 5) is 39.1. The number of thioether (sulfide) groups is 1. The van der Waals surface area contributed by atoms with E-state index in [0.29, 0.717) is 32.8 Å². The van der Waals surface area contributed by atoms with Gasteiger partial charge in [-0.25, -0.2) is 0 Å². The van der Waals surface area contributed by atoms with Crippen LogP contribution in [0.15, 0.2) is 71.6 Å². The molecular formula is C27H22Cl2N2O5S. The highest BCUT2D eigenvalue weighted by molar-refractivity contribution is 8.18. The van der Waals surface area contributed by atoms with E-state index in [9.17, 15) is 14.4 Å². The number of amides is 3. The third-order valence-electron chi connectivity index (χ3n) is 5.29. The molecule has 1 saturated heterocycles. The molecule has 0 aliphatic carbocycles. The molecule has 0 radical (unpaired) electrons. The van der Waals surface area contributed by atoms with Crippen molar-refractivity contribution >= 4 is 63.8 Å². The Morgan fingerprint density at radius 3 is 2.54 bits per heavy atom. The minimum atomic E-state index is -0.418. The van der Waals surface area contributed by atoms with Crippen LogP contribution in [-0.4, -0.2) is 41.7 Å². The second-order valence-corrected chi connectivity index (χ2v) is 9.81. The van der Waals surface area contributed by atoms with Gasteiger partial charge in [-0.2, -0.15) is 0 Å². The van der Waals surface area contributed by atoms with Crippen LogP contribution in [0.5, 0.6) is 11.5 Å². The second-order valence-electron chi connectivity index (χ2n) is 7.97. The van der Waals surface area contributed by atoms with Gasteiger partial charge in [0.2, 0.25) is 0 Å². The molecule has 3 aromatic carbocycles. The van der Waals surface area contributed by atoms with Crippen molar-refractivity contribution in [2.75, 3.05) is 25.1 Å². The summed E-state index contributed by atoms with van der Waals surface area (Å²) in [5, 5.41) is 3.49. The van der Waals surface area contributed by atoms with Crippen molar-refractivity contribution in [2.45, 2.75) is 6.92 Å². The Labute approximate surface area is 228 Å². The zero-order valence-corrected chi connectivity index (χ0v) is 22.0. The first-order valence-corrected chi connectivity index (χ1v) is 12.8. The number of halogens is 2. The average Bonchev–Trinajstić information content (AvgIpc) is 3.14. The van der Waals surface area contributed by atoms with Crippen LogP contribution in [0.25, 0.3) is 6.08 Å². The van der Waals surface area contributed by atoms with Gasteiger partial charge in [0.05, 0.1) is 11.4 Å². The van der Waals surface area contributed by atoms with E-state index in [-0.39, 0.29) is 35.8 Å². The van der Waals surface area contributed by atoms with E-state index in [1.54, 1.807) is 66.7 Å². The van der Waals surface area contributed by atoms with Crippen molar-refractivity contribution in [3.8, 4) is 11.5 Å². The van der Waals surface area contributed by atoms with Gasteiger partial charge in [-0.05, 0) is 72.8 Å². The Kier molecular flexibility index (Phi) is 8.76. The highest BCUT2D eigenvalue weighted by Gasteiger charge is 2.35. The van der Waals surface area contributed by atoms with E-state index in [0.717, 1.165) is 22.2 Å². The van der Waals surface area contributed by atoms with Crippen LogP contribution in [0.3, 0.4) is 0 Å². The Morgan fingerprint density at radius 1 is 1.03 bits per heavy atom. The maximum absolute atomic E-state index is 12.9. The number of nitrogens with zero attached hydrogens (tertiary/aromatic N) is 1. The quantitative estimate of drug-likeness (QED) is 0.305. The molecule has 3 amide bonds. The number of carbonyl (C=O) groups is 3. The van der Waals surface area contributed by atoms with Crippen molar-refractivity contribution in [1.82, 2.24) is 4.90 Å². The number of aryl methyl sites for hydroxylation is 1. The van der Waals surface area contributed by atoms with Crippen molar-refractivity contribution in [3.05, 3.63) is 92.8 Å². The lowest BCUT2D eigenvalue weighted by atomic mass is 10.2. The zero-order valence-electron chi connectivity index (χ0n) is 19.7. The molecule has 1 aliphatic rings. The van der Waals surface area contributed by atoms with Crippen LogP contribution in [0.2, 0.25) is 10.0 Å². The number of imide groups is 1. The fourth-order valence-electron chi connectivity index (χ4n) is 3.36. The van der Waals surface area contributed by atoms with Gasteiger partial charge < -0.3 is 14.8 Å². The smallest absolute Gasteiger partial charge is 0.293 e. The number of anilines is 1. The number of benzene rings is 3. The molecule has 0 spiro atoms. The molecule has 0 saturated carbocycles. The van der Waals surface area contributed by atoms with Gasteiger partial charge in [0, 0.05) is 21.3 Å². The fourth-order valence-corrected chi connectivity index (χ4v) is 4.52. The lowest BCUT2D eigenvalue weighted by Crippen LogP contribution is -2.32. The minimum absolute atomic E-state index is 0.103. The van der Waals surface area contributed by atoms with E-state index in [1.807, 2.05) is 13.0 Å². The largest absolute Gasteiger partial charge is 0.492 e. The van der Waals surface area contributed by atoms with E-state index in [4.69, 9.17) is 32.7 Å². The van der Waals surface area contributed by atoms with Gasteiger partial charge in [-0.15, -0.1) is 0 Å². The Morgan fingerprint density at radius 2 is 1.78 bits per heavy atom. The first-order chi connectivity index (χ1) is 17.8. The summed E-state index contributed by atoms with van der Waals surface area (Å²) in [7, 11) is 0. The van der Waals surface area contributed by atoms with Gasteiger partial charge in [-0.3, -0.25) is 19.3 Å². The minimum Gasteiger partial charge on any atom is -0.492 e. The van der Waals surface area contributed by atoms with E-state index in [2.05, 4.69) is 5.32 Å². The number of hydrogen-bond acceptors (Lipinski definition) is 6. The van der Waals surface area contributed by atoms with E-state index < -0.39 is 5.91 Å². The maximum atomic E-state index is 12.9. The highest BCUT2D eigenvalue weighted by Crippen LogP contribution is 2.34. The van der Waals surface area contributed by atoms with Gasteiger partial charge in [0.1, 0.15) is 18.1 Å². The Bertz CT molecular complexity index is 1360. The SMILES string of the molecule is Cc1ccc(NC(=O)COc2ccccc2/C=C2\SC(=O)N(CCOc3ccc(Cl)cc3)C2=O)cc1Cl. The number of carbonyl (C=O) groups excluding carboxylic acids is 3. The molecule has 1 heterocycles. The molecule has 0 unspecified atom stereocenters. The zero-order chi connectivity index (χ0) is 26.4. The van der Waals surface area contributed by atoms with Gasteiger partial charge in [0.25, 0.3) is 17.1 Å². The summed E-state index contributed by atoms with van der Waals surface area (Å²) >= 11 is 12.8. The Hall–Kier alpha value is -3.46. The first kappa shape index (κ1) is 26.6. The summed E-state index contributed by atoms with van der Waals surface area (Å²) in [5.41, 5.74) is 2.03. The molecule has 190 valence electrons. The highest BCUT2D eigenvalue weighted by atomic mass is 35.5. The Balaban J connectivity index is 1.36. The number of nitrogens with one attached hydrogen (secondary N) is 1. The number of rotatable bonds is 9. The van der Waals surface area contributed by atoms with Crippen LogP contribution in [0.1, 0.15) is 11.1 Å². The normalized spacial score (nSPS) is 14.2. The summed E-state index contributed by atoms with van der Waals surface area (Å²) < 4.78 is 11.3. The predicted octanol–water partition coefficient (Wildman–Crippen LogP) is 6.43. The fraction of sp³-hybridized carbons (Fsp3) is 0.148. The summed E-state index contributed by atoms with van der Waals surface area (Å²) in [6.45, 7) is 1.87.